The molecule has 3 aromatic carbocycles. The summed E-state index contributed by atoms with van der Waals surface area (Å²) in [4.78, 5) is 0.266. The van der Waals surface area contributed by atoms with Crippen molar-refractivity contribution in [1.82, 2.24) is 0 Å². The third-order valence-electron chi connectivity index (χ3n) is 4.47. The molecule has 0 atom stereocenters. The zero-order valence-electron chi connectivity index (χ0n) is 16.1. The molecule has 0 saturated heterocycles. The molecule has 3 nitrogen and oxygen atoms in total. The number of rotatable bonds is 6. The molecule has 0 aliphatic rings. The van der Waals surface area contributed by atoms with E-state index in [1.807, 2.05) is 80.6 Å². The van der Waals surface area contributed by atoms with Crippen LogP contribution in [0.3, 0.4) is 0 Å². The minimum absolute atomic E-state index is 0.183. The standard InChI is InChI=1S/C23H21Br2NO2S/c1-17-8-12-22(13-9-17)29(27,28)26(23-15-20(24)11-10-18(23)2)16-21(25)14-19-6-4-3-5-7-19/h3-15H,16H2,1-2H3/b21-14-. The molecule has 0 aromatic heterocycles. The Kier molecular flexibility index (Phi) is 6.98. The van der Waals surface area contributed by atoms with Gasteiger partial charge in [0.1, 0.15) is 0 Å². The lowest BCUT2D eigenvalue weighted by atomic mass is 10.2. The summed E-state index contributed by atoms with van der Waals surface area (Å²) in [7, 11) is -3.76. The van der Waals surface area contributed by atoms with E-state index in [1.54, 1.807) is 12.1 Å². The summed E-state index contributed by atoms with van der Waals surface area (Å²) in [6, 6.07) is 22.4. The minimum atomic E-state index is -3.76. The predicted molar refractivity (Wildman–Crippen MR) is 128 cm³/mol. The van der Waals surface area contributed by atoms with Gasteiger partial charge < -0.3 is 0 Å². The van der Waals surface area contributed by atoms with Gasteiger partial charge in [0.25, 0.3) is 10.0 Å². The number of anilines is 1. The van der Waals surface area contributed by atoms with Crippen molar-refractivity contribution < 1.29 is 8.42 Å². The zero-order valence-corrected chi connectivity index (χ0v) is 20.1. The topological polar surface area (TPSA) is 37.4 Å². The lowest BCUT2D eigenvalue weighted by molar-refractivity contribution is 0.592. The Morgan fingerprint density at radius 2 is 1.62 bits per heavy atom. The van der Waals surface area contributed by atoms with Gasteiger partial charge in [0.2, 0.25) is 0 Å². The van der Waals surface area contributed by atoms with Crippen molar-refractivity contribution in [2.24, 2.45) is 0 Å². The van der Waals surface area contributed by atoms with E-state index >= 15 is 0 Å². The SMILES string of the molecule is Cc1ccc(S(=O)(=O)N(C/C(Br)=C/c2ccccc2)c2cc(Br)ccc2C)cc1. The second-order valence-corrected chi connectivity index (χ2v) is 10.6. The molecule has 0 saturated carbocycles. The maximum Gasteiger partial charge on any atom is 0.264 e. The van der Waals surface area contributed by atoms with Crippen LogP contribution in [0.5, 0.6) is 0 Å². The first-order chi connectivity index (χ1) is 13.8. The maximum absolute atomic E-state index is 13.6. The van der Waals surface area contributed by atoms with Crippen LogP contribution in [-0.4, -0.2) is 15.0 Å². The van der Waals surface area contributed by atoms with Gasteiger partial charge >= 0.3 is 0 Å². The number of halogens is 2. The van der Waals surface area contributed by atoms with Crippen LogP contribution in [0.2, 0.25) is 0 Å². The van der Waals surface area contributed by atoms with Crippen molar-refractivity contribution in [3.63, 3.8) is 0 Å². The molecule has 0 aliphatic carbocycles. The molecular weight excluding hydrogens is 514 g/mol. The average molecular weight is 535 g/mol. The Labute approximate surface area is 189 Å². The number of benzene rings is 3. The second kappa shape index (κ2) is 9.28. The lowest BCUT2D eigenvalue weighted by Crippen LogP contribution is -2.32. The second-order valence-electron chi connectivity index (χ2n) is 6.76. The molecule has 6 heteroatoms. The van der Waals surface area contributed by atoms with Gasteiger partial charge in [-0.25, -0.2) is 8.42 Å². The van der Waals surface area contributed by atoms with Crippen LogP contribution in [0.1, 0.15) is 16.7 Å². The molecule has 0 unspecified atom stereocenters. The third kappa shape index (κ3) is 5.38. The van der Waals surface area contributed by atoms with Gasteiger partial charge in [-0.05, 0) is 55.3 Å². The van der Waals surface area contributed by atoms with Gasteiger partial charge in [0.15, 0.2) is 0 Å². The van der Waals surface area contributed by atoms with Gasteiger partial charge in [-0.3, -0.25) is 4.31 Å². The highest BCUT2D eigenvalue weighted by atomic mass is 79.9. The Morgan fingerprint density at radius 1 is 0.966 bits per heavy atom. The highest BCUT2D eigenvalue weighted by Gasteiger charge is 2.27. The van der Waals surface area contributed by atoms with Crippen molar-refractivity contribution in [1.29, 1.82) is 0 Å². The van der Waals surface area contributed by atoms with E-state index in [-0.39, 0.29) is 11.4 Å². The van der Waals surface area contributed by atoms with E-state index in [0.29, 0.717) is 5.69 Å². The summed E-state index contributed by atoms with van der Waals surface area (Å²) in [5.74, 6) is 0. The van der Waals surface area contributed by atoms with E-state index in [1.165, 1.54) is 4.31 Å². The molecule has 3 rings (SSSR count). The van der Waals surface area contributed by atoms with E-state index in [9.17, 15) is 8.42 Å². The Bertz CT molecular complexity index is 1130. The van der Waals surface area contributed by atoms with Crippen molar-refractivity contribution in [2.45, 2.75) is 18.7 Å². The fraction of sp³-hybridized carbons (Fsp3) is 0.130. The third-order valence-corrected chi connectivity index (χ3v) is 7.21. The highest BCUT2D eigenvalue weighted by Crippen LogP contribution is 2.31. The summed E-state index contributed by atoms with van der Waals surface area (Å²) in [6.45, 7) is 4.03. The highest BCUT2D eigenvalue weighted by molar-refractivity contribution is 9.11. The summed E-state index contributed by atoms with van der Waals surface area (Å²) >= 11 is 7.04. The van der Waals surface area contributed by atoms with Crippen LogP contribution in [0.15, 0.2) is 86.6 Å². The Hall–Kier alpha value is -1.89. The largest absolute Gasteiger partial charge is 0.264 e. The maximum atomic E-state index is 13.6. The van der Waals surface area contributed by atoms with E-state index < -0.39 is 10.0 Å². The van der Waals surface area contributed by atoms with Gasteiger partial charge in [-0.1, -0.05) is 86.0 Å². The number of hydrogen-bond donors (Lipinski definition) is 0. The van der Waals surface area contributed by atoms with E-state index in [0.717, 1.165) is 25.6 Å². The first-order valence-corrected chi connectivity index (χ1v) is 12.1. The fourth-order valence-corrected chi connectivity index (χ4v) is 5.43. The molecular formula is C23H21Br2NO2S. The molecule has 0 aliphatic heterocycles. The van der Waals surface area contributed by atoms with Crippen LogP contribution < -0.4 is 4.31 Å². The quantitative estimate of drug-likeness (QED) is 0.353. The monoisotopic (exact) mass is 533 g/mol. The van der Waals surface area contributed by atoms with Crippen LogP contribution in [0.4, 0.5) is 5.69 Å². The lowest BCUT2D eigenvalue weighted by Gasteiger charge is -2.26. The Morgan fingerprint density at radius 3 is 2.28 bits per heavy atom. The minimum Gasteiger partial charge on any atom is -0.261 e. The molecule has 0 spiro atoms. The summed E-state index contributed by atoms with van der Waals surface area (Å²) < 4.78 is 30.1. The molecule has 0 fully saturated rings. The molecule has 0 heterocycles. The van der Waals surface area contributed by atoms with Crippen LogP contribution in [-0.2, 0) is 10.0 Å². The molecule has 0 bridgehead atoms. The first-order valence-electron chi connectivity index (χ1n) is 9.04. The van der Waals surface area contributed by atoms with Gasteiger partial charge in [0.05, 0.1) is 17.1 Å². The predicted octanol–water partition coefficient (Wildman–Crippen LogP) is 6.70. The fourth-order valence-electron chi connectivity index (χ4n) is 2.90. The molecule has 3 aromatic rings. The summed E-state index contributed by atoms with van der Waals surface area (Å²) in [5, 5.41) is 0. The van der Waals surface area contributed by atoms with E-state index in [4.69, 9.17) is 0 Å². The Balaban J connectivity index is 2.08. The molecule has 29 heavy (non-hydrogen) atoms. The molecule has 0 N–H and O–H groups in total. The molecule has 0 amide bonds. The van der Waals surface area contributed by atoms with Crippen LogP contribution in [0.25, 0.3) is 6.08 Å². The van der Waals surface area contributed by atoms with Crippen LogP contribution >= 0.6 is 31.9 Å². The molecule has 150 valence electrons. The average Bonchev–Trinajstić information content (AvgIpc) is 2.69. The van der Waals surface area contributed by atoms with Crippen LogP contribution in [0, 0.1) is 13.8 Å². The van der Waals surface area contributed by atoms with Crippen molar-refractivity contribution in [3.05, 3.63) is 98.4 Å². The number of aryl methyl sites for hydroxylation is 2. The van der Waals surface area contributed by atoms with Gasteiger partial charge in [-0.15, -0.1) is 0 Å². The zero-order chi connectivity index (χ0) is 21.0. The number of hydrogen-bond acceptors (Lipinski definition) is 2. The van der Waals surface area contributed by atoms with Gasteiger partial charge in [0, 0.05) is 8.96 Å². The van der Waals surface area contributed by atoms with Crippen molar-refractivity contribution in [2.75, 3.05) is 10.8 Å². The molecule has 0 radical (unpaired) electrons. The normalized spacial score (nSPS) is 12.1. The number of nitrogens with zero attached hydrogens (tertiary/aromatic N) is 1. The van der Waals surface area contributed by atoms with E-state index in [2.05, 4.69) is 31.9 Å². The van der Waals surface area contributed by atoms with Gasteiger partial charge in [-0.2, -0.15) is 0 Å². The smallest absolute Gasteiger partial charge is 0.261 e. The number of sulfonamides is 1. The summed E-state index contributed by atoms with van der Waals surface area (Å²) in [5.41, 5.74) is 3.53. The first kappa shape index (κ1) is 21.8. The van der Waals surface area contributed by atoms with Crippen molar-refractivity contribution in [3.8, 4) is 0 Å². The van der Waals surface area contributed by atoms with Crippen molar-refractivity contribution >= 4 is 53.6 Å². The summed E-state index contributed by atoms with van der Waals surface area (Å²) in [6.07, 6.45) is 1.94.